The van der Waals surface area contributed by atoms with Crippen molar-refractivity contribution >= 4 is 0 Å². The standard InChI is InChI=1S/C15H26N2O/c1-4-17-10-9-16-14(17)11-15(18)8-6-5-7-13(15)12(2)3/h9-10,12-13,18H,4-8,11H2,1-3H3. The lowest BCUT2D eigenvalue weighted by molar-refractivity contribution is -0.0670. The summed E-state index contributed by atoms with van der Waals surface area (Å²) in [5.41, 5.74) is -0.551. The second-order valence-corrected chi connectivity index (χ2v) is 6.01. The molecule has 2 unspecified atom stereocenters. The quantitative estimate of drug-likeness (QED) is 0.892. The maximum Gasteiger partial charge on any atom is 0.111 e. The van der Waals surface area contributed by atoms with Gasteiger partial charge in [0.25, 0.3) is 0 Å². The van der Waals surface area contributed by atoms with Crippen LogP contribution in [0.1, 0.15) is 52.3 Å². The molecule has 3 nitrogen and oxygen atoms in total. The van der Waals surface area contributed by atoms with Gasteiger partial charge in [0, 0.05) is 25.4 Å². The fraction of sp³-hybridized carbons (Fsp3) is 0.800. The van der Waals surface area contributed by atoms with Gasteiger partial charge in [-0.1, -0.05) is 26.7 Å². The molecule has 1 N–H and O–H groups in total. The van der Waals surface area contributed by atoms with Crippen molar-refractivity contribution in [2.45, 2.75) is 65.0 Å². The van der Waals surface area contributed by atoms with E-state index in [0.29, 0.717) is 18.3 Å². The molecular formula is C15H26N2O. The van der Waals surface area contributed by atoms with Crippen LogP contribution in [0.15, 0.2) is 12.4 Å². The van der Waals surface area contributed by atoms with Crippen LogP contribution in [0.3, 0.4) is 0 Å². The van der Waals surface area contributed by atoms with Crippen LogP contribution in [0.25, 0.3) is 0 Å². The minimum absolute atomic E-state index is 0.410. The fourth-order valence-electron chi connectivity index (χ4n) is 3.49. The van der Waals surface area contributed by atoms with Gasteiger partial charge in [-0.05, 0) is 31.6 Å². The number of imidazole rings is 1. The molecule has 0 amide bonds. The molecule has 0 spiro atoms. The van der Waals surface area contributed by atoms with Crippen molar-refractivity contribution in [2.24, 2.45) is 11.8 Å². The van der Waals surface area contributed by atoms with Gasteiger partial charge in [-0.3, -0.25) is 0 Å². The van der Waals surface area contributed by atoms with Crippen LogP contribution >= 0.6 is 0 Å². The molecule has 1 heterocycles. The summed E-state index contributed by atoms with van der Waals surface area (Å²) in [5, 5.41) is 11.0. The van der Waals surface area contributed by atoms with E-state index in [9.17, 15) is 5.11 Å². The van der Waals surface area contributed by atoms with Crippen molar-refractivity contribution in [3.63, 3.8) is 0 Å². The van der Waals surface area contributed by atoms with Crippen molar-refractivity contribution in [3.05, 3.63) is 18.2 Å². The molecule has 3 heteroatoms. The van der Waals surface area contributed by atoms with E-state index in [-0.39, 0.29) is 0 Å². The summed E-state index contributed by atoms with van der Waals surface area (Å²) >= 11 is 0. The first-order valence-electron chi connectivity index (χ1n) is 7.29. The van der Waals surface area contributed by atoms with Crippen LogP contribution < -0.4 is 0 Å². The molecule has 1 fully saturated rings. The van der Waals surface area contributed by atoms with Crippen LogP contribution in [0, 0.1) is 11.8 Å². The molecule has 102 valence electrons. The summed E-state index contributed by atoms with van der Waals surface area (Å²) in [4.78, 5) is 4.42. The normalized spacial score (nSPS) is 28.8. The molecule has 1 aliphatic rings. The van der Waals surface area contributed by atoms with Gasteiger partial charge in [0.1, 0.15) is 5.82 Å². The van der Waals surface area contributed by atoms with E-state index < -0.39 is 5.60 Å². The SMILES string of the molecule is CCn1ccnc1CC1(O)CCCCC1C(C)C. The zero-order valence-electron chi connectivity index (χ0n) is 11.9. The highest BCUT2D eigenvalue weighted by molar-refractivity contribution is 5.03. The van der Waals surface area contributed by atoms with E-state index in [1.165, 1.54) is 6.42 Å². The van der Waals surface area contributed by atoms with E-state index in [1.807, 2.05) is 12.4 Å². The molecule has 2 rings (SSSR count). The topological polar surface area (TPSA) is 38.0 Å². The van der Waals surface area contributed by atoms with Crippen molar-refractivity contribution in [1.82, 2.24) is 9.55 Å². The van der Waals surface area contributed by atoms with Gasteiger partial charge >= 0.3 is 0 Å². The van der Waals surface area contributed by atoms with E-state index >= 15 is 0 Å². The molecule has 1 aromatic heterocycles. The lowest BCUT2D eigenvalue weighted by Crippen LogP contribution is -2.45. The molecule has 18 heavy (non-hydrogen) atoms. The lowest BCUT2D eigenvalue weighted by atomic mass is 9.68. The zero-order valence-corrected chi connectivity index (χ0v) is 11.9. The highest BCUT2D eigenvalue weighted by atomic mass is 16.3. The number of rotatable bonds is 4. The molecule has 1 aliphatic carbocycles. The summed E-state index contributed by atoms with van der Waals surface area (Å²) in [7, 11) is 0. The second kappa shape index (κ2) is 5.43. The third kappa shape index (κ3) is 2.61. The third-order valence-electron chi connectivity index (χ3n) is 4.48. The number of aromatic nitrogens is 2. The van der Waals surface area contributed by atoms with Gasteiger partial charge in [-0.15, -0.1) is 0 Å². The van der Waals surface area contributed by atoms with Gasteiger partial charge in [-0.25, -0.2) is 4.98 Å². The highest BCUT2D eigenvalue weighted by Gasteiger charge is 2.41. The Morgan fingerprint density at radius 2 is 2.28 bits per heavy atom. The average molecular weight is 250 g/mol. The second-order valence-electron chi connectivity index (χ2n) is 6.01. The largest absolute Gasteiger partial charge is 0.389 e. The highest BCUT2D eigenvalue weighted by Crippen LogP contribution is 2.40. The summed E-state index contributed by atoms with van der Waals surface area (Å²) < 4.78 is 2.14. The monoisotopic (exact) mass is 250 g/mol. The Morgan fingerprint density at radius 3 is 2.94 bits per heavy atom. The Labute approximate surface area is 110 Å². The molecule has 0 aliphatic heterocycles. The summed E-state index contributed by atoms with van der Waals surface area (Å²) in [6.07, 6.45) is 9.03. The first-order valence-corrected chi connectivity index (χ1v) is 7.29. The van der Waals surface area contributed by atoms with Gasteiger partial charge in [0.2, 0.25) is 0 Å². The molecule has 2 atom stereocenters. The van der Waals surface area contributed by atoms with Crippen LogP contribution in [-0.4, -0.2) is 20.3 Å². The third-order valence-corrected chi connectivity index (χ3v) is 4.48. The summed E-state index contributed by atoms with van der Waals surface area (Å²) in [5.74, 6) is 1.99. The van der Waals surface area contributed by atoms with Crippen LogP contribution in [0.4, 0.5) is 0 Å². The van der Waals surface area contributed by atoms with Crippen molar-refractivity contribution in [1.29, 1.82) is 0 Å². The van der Waals surface area contributed by atoms with Crippen LogP contribution in [-0.2, 0) is 13.0 Å². The Bertz CT molecular complexity index is 386. The lowest BCUT2D eigenvalue weighted by Gasteiger charge is -2.42. The van der Waals surface area contributed by atoms with Crippen LogP contribution in [0.2, 0.25) is 0 Å². The van der Waals surface area contributed by atoms with Crippen LogP contribution in [0.5, 0.6) is 0 Å². The number of hydrogen-bond acceptors (Lipinski definition) is 2. The Balaban J connectivity index is 2.18. The maximum absolute atomic E-state index is 11.0. The van der Waals surface area contributed by atoms with Gasteiger partial charge in [-0.2, -0.15) is 0 Å². The number of aryl methyl sites for hydroxylation is 1. The minimum atomic E-state index is -0.551. The van der Waals surface area contributed by atoms with Crippen molar-refractivity contribution < 1.29 is 5.11 Å². The molecule has 0 bridgehead atoms. The molecule has 0 aromatic carbocycles. The Morgan fingerprint density at radius 1 is 1.50 bits per heavy atom. The molecule has 0 saturated heterocycles. The van der Waals surface area contributed by atoms with Gasteiger partial charge < -0.3 is 9.67 Å². The molecule has 0 radical (unpaired) electrons. The number of nitrogens with zero attached hydrogens (tertiary/aromatic N) is 2. The number of aliphatic hydroxyl groups is 1. The zero-order chi connectivity index (χ0) is 13.2. The fourth-order valence-corrected chi connectivity index (χ4v) is 3.49. The average Bonchev–Trinajstić information content (AvgIpc) is 2.75. The Hall–Kier alpha value is -0.830. The molecular weight excluding hydrogens is 224 g/mol. The number of hydrogen-bond donors (Lipinski definition) is 1. The Kier molecular flexibility index (Phi) is 4.10. The smallest absolute Gasteiger partial charge is 0.111 e. The van der Waals surface area contributed by atoms with Gasteiger partial charge in [0.05, 0.1) is 5.60 Å². The van der Waals surface area contributed by atoms with Gasteiger partial charge in [0.15, 0.2) is 0 Å². The van der Waals surface area contributed by atoms with Crippen molar-refractivity contribution in [2.75, 3.05) is 0 Å². The first-order chi connectivity index (χ1) is 8.57. The maximum atomic E-state index is 11.0. The predicted octanol–water partition coefficient (Wildman–Crippen LogP) is 3.02. The van der Waals surface area contributed by atoms with E-state index in [1.54, 1.807) is 0 Å². The van der Waals surface area contributed by atoms with E-state index in [0.717, 1.165) is 31.6 Å². The minimum Gasteiger partial charge on any atom is -0.389 e. The molecule has 1 aromatic rings. The summed E-state index contributed by atoms with van der Waals surface area (Å²) in [6.45, 7) is 7.51. The summed E-state index contributed by atoms with van der Waals surface area (Å²) in [6, 6.07) is 0. The predicted molar refractivity (Wildman–Crippen MR) is 73.4 cm³/mol. The van der Waals surface area contributed by atoms with E-state index in [2.05, 4.69) is 30.3 Å². The van der Waals surface area contributed by atoms with E-state index in [4.69, 9.17) is 0 Å². The van der Waals surface area contributed by atoms with Crippen molar-refractivity contribution in [3.8, 4) is 0 Å². The first kappa shape index (κ1) is 13.6. The molecule has 1 saturated carbocycles.